The highest BCUT2D eigenvalue weighted by Crippen LogP contribution is 2.31. The SMILES string of the molecule is CCCc1ccc(C(N)COC2CCC(C)C(C)C2)cc1. The lowest BCUT2D eigenvalue weighted by atomic mass is 9.80. The van der Waals surface area contributed by atoms with Gasteiger partial charge in [0.1, 0.15) is 0 Å². The molecule has 1 aliphatic carbocycles. The van der Waals surface area contributed by atoms with Gasteiger partial charge in [-0.15, -0.1) is 0 Å². The zero-order chi connectivity index (χ0) is 15.2. The van der Waals surface area contributed by atoms with Gasteiger partial charge in [0.25, 0.3) is 0 Å². The van der Waals surface area contributed by atoms with E-state index in [1.165, 1.54) is 36.8 Å². The third kappa shape index (κ3) is 4.82. The van der Waals surface area contributed by atoms with E-state index in [0.717, 1.165) is 18.3 Å². The molecule has 1 aliphatic rings. The lowest BCUT2D eigenvalue weighted by Crippen LogP contribution is -2.29. The molecule has 1 aromatic rings. The minimum Gasteiger partial charge on any atom is -0.376 e. The summed E-state index contributed by atoms with van der Waals surface area (Å²) in [5, 5.41) is 0. The summed E-state index contributed by atoms with van der Waals surface area (Å²) in [6, 6.07) is 8.71. The van der Waals surface area contributed by atoms with Crippen molar-refractivity contribution in [1.29, 1.82) is 0 Å². The standard InChI is InChI=1S/C19H31NO/c1-4-5-16-7-9-17(10-8-16)19(20)13-21-18-11-6-14(2)15(3)12-18/h7-10,14-15,18-19H,4-6,11-13,20H2,1-3H3. The molecule has 0 radical (unpaired) electrons. The summed E-state index contributed by atoms with van der Waals surface area (Å²) in [5.74, 6) is 1.61. The number of ether oxygens (including phenoxy) is 1. The van der Waals surface area contributed by atoms with Gasteiger partial charge in [-0.2, -0.15) is 0 Å². The second kappa shape index (κ2) is 7.95. The number of hydrogen-bond acceptors (Lipinski definition) is 2. The molecule has 1 aromatic carbocycles. The highest BCUT2D eigenvalue weighted by atomic mass is 16.5. The van der Waals surface area contributed by atoms with Crippen molar-refractivity contribution >= 4 is 0 Å². The van der Waals surface area contributed by atoms with E-state index < -0.39 is 0 Å². The van der Waals surface area contributed by atoms with Crippen LogP contribution in [0.2, 0.25) is 0 Å². The molecule has 0 aliphatic heterocycles. The first-order chi connectivity index (χ1) is 10.1. The van der Waals surface area contributed by atoms with Crippen LogP contribution in [0.5, 0.6) is 0 Å². The predicted octanol–water partition coefficient (Wildman–Crippen LogP) is 4.48. The molecule has 2 rings (SSSR count). The van der Waals surface area contributed by atoms with Gasteiger partial charge in [0, 0.05) is 0 Å². The quantitative estimate of drug-likeness (QED) is 0.838. The zero-order valence-corrected chi connectivity index (χ0v) is 13.8. The highest BCUT2D eigenvalue weighted by Gasteiger charge is 2.25. The summed E-state index contributed by atoms with van der Waals surface area (Å²) in [6.45, 7) is 7.54. The van der Waals surface area contributed by atoms with Gasteiger partial charge >= 0.3 is 0 Å². The molecule has 1 fully saturated rings. The molecular formula is C19H31NO. The first-order valence-corrected chi connectivity index (χ1v) is 8.56. The van der Waals surface area contributed by atoms with Crippen molar-refractivity contribution in [3.05, 3.63) is 35.4 Å². The number of benzene rings is 1. The van der Waals surface area contributed by atoms with Crippen LogP contribution in [0.25, 0.3) is 0 Å². The fraction of sp³-hybridized carbons (Fsp3) is 0.684. The van der Waals surface area contributed by atoms with E-state index in [2.05, 4.69) is 45.0 Å². The van der Waals surface area contributed by atoms with Crippen LogP contribution in [0.3, 0.4) is 0 Å². The van der Waals surface area contributed by atoms with E-state index in [1.54, 1.807) is 0 Å². The predicted molar refractivity (Wildman–Crippen MR) is 89.3 cm³/mol. The highest BCUT2D eigenvalue weighted by molar-refractivity contribution is 5.25. The minimum atomic E-state index is -0.00432. The van der Waals surface area contributed by atoms with E-state index in [9.17, 15) is 0 Å². The van der Waals surface area contributed by atoms with Gasteiger partial charge in [-0.05, 0) is 48.6 Å². The van der Waals surface area contributed by atoms with Crippen molar-refractivity contribution in [2.24, 2.45) is 17.6 Å². The zero-order valence-electron chi connectivity index (χ0n) is 13.8. The van der Waals surface area contributed by atoms with Gasteiger partial charge in [0.15, 0.2) is 0 Å². The van der Waals surface area contributed by atoms with E-state index in [4.69, 9.17) is 10.5 Å². The summed E-state index contributed by atoms with van der Waals surface area (Å²) < 4.78 is 6.07. The Morgan fingerprint density at radius 2 is 1.86 bits per heavy atom. The molecule has 4 unspecified atom stereocenters. The Labute approximate surface area is 130 Å². The van der Waals surface area contributed by atoms with Crippen molar-refractivity contribution in [2.75, 3.05) is 6.61 Å². The number of hydrogen-bond donors (Lipinski definition) is 1. The number of nitrogens with two attached hydrogens (primary N) is 1. The van der Waals surface area contributed by atoms with Crippen LogP contribution in [-0.2, 0) is 11.2 Å². The van der Waals surface area contributed by atoms with Crippen LogP contribution in [0.4, 0.5) is 0 Å². The Hall–Kier alpha value is -0.860. The van der Waals surface area contributed by atoms with Gasteiger partial charge in [0.2, 0.25) is 0 Å². The minimum absolute atomic E-state index is 0.00432. The number of rotatable bonds is 6. The van der Waals surface area contributed by atoms with Gasteiger partial charge in [-0.25, -0.2) is 0 Å². The third-order valence-electron chi connectivity index (χ3n) is 5.01. The van der Waals surface area contributed by atoms with Crippen molar-refractivity contribution in [1.82, 2.24) is 0 Å². The fourth-order valence-electron chi connectivity index (χ4n) is 3.21. The van der Waals surface area contributed by atoms with Gasteiger partial charge in [-0.3, -0.25) is 0 Å². The molecule has 2 nitrogen and oxygen atoms in total. The normalized spacial score (nSPS) is 27.5. The molecule has 0 bridgehead atoms. The molecule has 0 spiro atoms. The van der Waals surface area contributed by atoms with Crippen LogP contribution in [0.15, 0.2) is 24.3 Å². The molecule has 2 N–H and O–H groups in total. The monoisotopic (exact) mass is 289 g/mol. The van der Waals surface area contributed by atoms with E-state index in [1.807, 2.05) is 0 Å². The lowest BCUT2D eigenvalue weighted by Gasteiger charge is -2.32. The van der Waals surface area contributed by atoms with Gasteiger partial charge < -0.3 is 10.5 Å². The fourth-order valence-corrected chi connectivity index (χ4v) is 3.21. The average molecular weight is 289 g/mol. The Kier molecular flexibility index (Phi) is 6.25. The second-order valence-electron chi connectivity index (χ2n) is 6.82. The van der Waals surface area contributed by atoms with Crippen LogP contribution in [0.1, 0.15) is 63.6 Å². The summed E-state index contributed by atoms with van der Waals surface area (Å²) in [4.78, 5) is 0. The first kappa shape index (κ1) is 16.5. The maximum Gasteiger partial charge on any atom is 0.0663 e. The molecular weight excluding hydrogens is 258 g/mol. The summed E-state index contributed by atoms with van der Waals surface area (Å²) in [7, 11) is 0. The summed E-state index contributed by atoms with van der Waals surface area (Å²) in [5.41, 5.74) is 8.85. The Morgan fingerprint density at radius 1 is 1.14 bits per heavy atom. The Bertz CT molecular complexity index is 414. The molecule has 2 heteroatoms. The van der Waals surface area contributed by atoms with Crippen LogP contribution in [-0.4, -0.2) is 12.7 Å². The van der Waals surface area contributed by atoms with Crippen LogP contribution < -0.4 is 5.73 Å². The lowest BCUT2D eigenvalue weighted by molar-refractivity contribution is -0.00363. The molecule has 0 heterocycles. The molecule has 0 amide bonds. The molecule has 4 atom stereocenters. The molecule has 21 heavy (non-hydrogen) atoms. The third-order valence-corrected chi connectivity index (χ3v) is 5.01. The maximum absolute atomic E-state index is 6.27. The Balaban J connectivity index is 1.80. The summed E-state index contributed by atoms with van der Waals surface area (Å²) >= 11 is 0. The van der Waals surface area contributed by atoms with Crippen LogP contribution >= 0.6 is 0 Å². The molecule has 1 saturated carbocycles. The van der Waals surface area contributed by atoms with Crippen molar-refractivity contribution in [3.63, 3.8) is 0 Å². The first-order valence-electron chi connectivity index (χ1n) is 8.56. The number of aryl methyl sites for hydroxylation is 1. The van der Waals surface area contributed by atoms with Crippen molar-refractivity contribution in [2.45, 2.75) is 65.0 Å². The van der Waals surface area contributed by atoms with E-state index in [0.29, 0.717) is 12.7 Å². The van der Waals surface area contributed by atoms with E-state index in [-0.39, 0.29) is 6.04 Å². The van der Waals surface area contributed by atoms with Gasteiger partial charge in [0.05, 0.1) is 18.8 Å². The van der Waals surface area contributed by atoms with Crippen LogP contribution in [0, 0.1) is 11.8 Å². The molecule has 118 valence electrons. The maximum atomic E-state index is 6.27. The summed E-state index contributed by atoms with van der Waals surface area (Å²) in [6.07, 6.45) is 6.39. The molecule has 0 aromatic heterocycles. The molecule has 0 saturated heterocycles. The average Bonchev–Trinajstić information content (AvgIpc) is 2.49. The largest absolute Gasteiger partial charge is 0.376 e. The topological polar surface area (TPSA) is 35.2 Å². The van der Waals surface area contributed by atoms with Crippen molar-refractivity contribution < 1.29 is 4.74 Å². The smallest absolute Gasteiger partial charge is 0.0663 e. The second-order valence-corrected chi connectivity index (χ2v) is 6.82. The van der Waals surface area contributed by atoms with Gasteiger partial charge in [-0.1, -0.05) is 51.5 Å². The van der Waals surface area contributed by atoms with E-state index >= 15 is 0 Å². The van der Waals surface area contributed by atoms with Crippen molar-refractivity contribution in [3.8, 4) is 0 Å². The Morgan fingerprint density at radius 3 is 2.48 bits per heavy atom.